The Bertz CT molecular complexity index is 852. The Morgan fingerprint density at radius 1 is 0.606 bits per heavy atom. The van der Waals surface area contributed by atoms with E-state index in [-0.39, 0.29) is 11.7 Å². The van der Waals surface area contributed by atoms with Crippen LogP contribution in [-0.2, 0) is 0 Å². The Balaban J connectivity index is 1.89. The van der Waals surface area contributed by atoms with Gasteiger partial charge >= 0.3 is 0 Å². The number of hydrogen-bond acceptors (Lipinski definition) is 8. The molecule has 0 spiro atoms. The average molecular weight is 461 g/mol. The van der Waals surface area contributed by atoms with Crippen LogP contribution in [0.15, 0.2) is 24.3 Å². The van der Waals surface area contributed by atoms with Crippen molar-refractivity contribution in [2.45, 2.75) is 19.3 Å². The summed E-state index contributed by atoms with van der Waals surface area (Å²) in [5.41, 5.74) is 12.1. The maximum absolute atomic E-state index is 7.61. The quantitative estimate of drug-likeness (QED) is 0.190. The molecule has 0 amide bonds. The lowest BCUT2D eigenvalue weighted by Crippen LogP contribution is -2.12. The standard InChI is InChI=1S/C23H32N4O6/c1-28-16-10-14(22(24)25)11-17(29-2)20(16)32-8-6-5-7-9-33-21-18(30-3)12-15(23(26)27)13-19(21)31-4/h10-13H,5-9H2,1-4H3,(H3,24,25)(H3,26,27). The molecule has 2 aromatic rings. The van der Waals surface area contributed by atoms with Crippen LogP contribution in [0.25, 0.3) is 0 Å². The van der Waals surface area contributed by atoms with Crippen LogP contribution in [0, 0.1) is 10.8 Å². The van der Waals surface area contributed by atoms with Gasteiger partial charge < -0.3 is 39.9 Å². The fourth-order valence-electron chi connectivity index (χ4n) is 3.08. The van der Waals surface area contributed by atoms with Gasteiger partial charge in [0.25, 0.3) is 0 Å². The minimum atomic E-state index is -0.0812. The van der Waals surface area contributed by atoms with E-state index in [1.165, 1.54) is 28.4 Å². The maximum Gasteiger partial charge on any atom is 0.203 e. The van der Waals surface area contributed by atoms with Crippen molar-refractivity contribution in [1.29, 1.82) is 10.8 Å². The lowest BCUT2D eigenvalue weighted by Gasteiger charge is -2.16. The molecular formula is C23H32N4O6. The van der Waals surface area contributed by atoms with Crippen molar-refractivity contribution in [1.82, 2.24) is 0 Å². The number of nitrogens with two attached hydrogens (primary N) is 2. The highest BCUT2D eigenvalue weighted by Crippen LogP contribution is 2.39. The normalized spacial score (nSPS) is 10.3. The molecule has 180 valence electrons. The Labute approximate surface area is 193 Å². The van der Waals surface area contributed by atoms with Crippen molar-refractivity contribution < 1.29 is 28.4 Å². The van der Waals surface area contributed by atoms with Gasteiger partial charge in [0.15, 0.2) is 23.0 Å². The molecule has 0 aromatic heterocycles. The predicted octanol–water partition coefficient (Wildman–Crippen LogP) is 2.92. The minimum Gasteiger partial charge on any atom is -0.493 e. The van der Waals surface area contributed by atoms with E-state index < -0.39 is 0 Å². The molecule has 0 aliphatic heterocycles. The first-order valence-corrected chi connectivity index (χ1v) is 10.3. The van der Waals surface area contributed by atoms with Crippen LogP contribution < -0.4 is 39.9 Å². The molecule has 2 aromatic carbocycles. The summed E-state index contributed by atoms with van der Waals surface area (Å²) in [5, 5.41) is 15.2. The number of unbranched alkanes of at least 4 members (excludes halogenated alkanes) is 2. The summed E-state index contributed by atoms with van der Waals surface area (Å²) in [6.07, 6.45) is 2.41. The fourth-order valence-corrected chi connectivity index (χ4v) is 3.08. The third kappa shape index (κ3) is 6.58. The smallest absolute Gasteiger partial charge is 0.203 e. The van der Waals surface area contributed by atoms with Crippen LogP contribution in [0.3, 0.4) is 0 Å². The van der Waals surface area contributed by atoms with Gasteiger partial charge in [-0.25, -0.2) is 0 Å². The van der Waals surface area contributed by atoms with Crippen molar-refractivity contribution >= 4 is 11.7 Å². The van der Waals surface area contributed by atoms with Gasteiger partial charge in [0.1, 0.15) is 11.7 Å². The Hall–Kier alpha value is -3.82. The van der Waals surface area contributed by atoms with E-state index in [1.54, 1.807) is 24.3 Å². The topological polar surface area (TPSA) is 155 Å². The number of hydrogen-bond donors (Lipinski definition) is 4. The first-order chi connectivity index (χ1) is 15.9. The minimum absolute atomic E-state index is 0.0812. The van der Waals surface area contributed by atoms with E-state index in [2.05, 4.69) is 0 Å². The van der Waals surface area contributed by atoms with E-state index in [0.717, 1.165) is 19.3 Å². The van der Waals surface area contributed by atoms with Crippen molar-refractivity contribution in [3.05, 3.63) is 35.4 Å². The summed E-state index contributed by atoms with van der Waals surface area (Å²) < 4.78 is 33.2. The predicted molar refractivity (Wildman–Crippen MR) is 126 cm³/mol. The Kier molecular flexibility index (Phi) is 9.46. The zero-order valence-corrected chi connectivity index (χ0v) is 19.4. The van der Waals surface area contributed by atoms with Crippen molar-refractivity contribution in [2.75, 3.05) is 41.7 Å². The van der Waals surface area contributed by atoms with Gasteiger partial charge in [-0.15, -0.1) is 0 Å². The second kappa shape index (κ2) is 12.3. The highest BCUT2D eigenvalue weighted by Gasteiger charge is 2.16. The van der Waals surface area contributed by atoms with Crippen molar-refractivity contribution in [3.8, 4) is 34.5 Å². The Morgan fingerprint density at radius 2 is 0.909 bits per heavy atom. The number of amidine groups is 2. The van der Waals surface area contributed by atoms with E-state index in [9.17, 15) is 0 Å². The molecule has 10 nitrogen and oxygen atoms in total. The SMILES string of the molecule is COc1cc(C(=N)N)cc(OC)c1OCCCCCOc1c(OC)cc(C(=N)N)cc1OC. The number of benzene rings is 2. The van der Waals surface area contributed by atoms with Gasteiger partial charge in [-0.3, -0.25) is 10.8 Å². The van der Waals surface area contributed by atoms with E-state index in [4.69, 9.17) is 50.7 Å². The van der Waals surface area contributed by atoms with Crippen molar-refractivity contribution in [3.63, 3.8) is 0 Å². The molecule has 0 fully saturated rings. The van der Waals surface area contributed by atoms with Gasteiger partial charge in [-0.05, 0) is 43.5 Å². The summed E-state index contributed by atoms with van der Waals surface area (Å²) in [5.74, 6) is 2.60. The van der Waals surface area contributed by atoms with Crippen LogP contribution >= 0.6 is 0 Å². The molecule has 0 atom stereocenters. The van der Waals surface area contributed by atoms with Crippen LogP contribution in [0.4, 0.5) is 0 Å². The van der Waals surface area contributed by atoms with Gasteiger partial charge in [0.05, 0.1) is 41.7 Å². The number of ether oxygens (including phenoxy) is 6. The summed E-state index contributed by atoms with van der Waals surface area (Å²) >= 11 is 0. The molecule has 0 heterocycles. The molecule has 2 rings (SSSR count). The molecule has 0 aliphatic rings. The zero-order chi connectivity index (χ0) is 24.4. The molecule has 33 heavy (non-hydrogen) atoms. The van der Waals surface area contributed by atoms with Crippen LogP contribution in [-0.4, -0.2) is 53.3 Å². The summed E-state index contributed by atoms with van der Waals surface area (Å²) in [4.78, 5) is 0. The summed E-state index contributed by atoms with van der Waals surface area (Å²) in [6, 6.07) is 6.58. The second-order valence-corrected chi connectivity index (χ2v) is 7.00. The molecule has 0 radical (unpaired) electrons. The second-order valence-electron chi connectivity index (χ2n) is 7.00. The van der Waals surface area contributed by atoms with Crippen molar-refractivity contribution in [2.24, 2.45) is 11.5 Å². The Morgan fingerprint density at radius 3 is 1.15 bits per heavy atom. The van der Waals surface area contributed by atoms with E-state index in [0.29, 0.717) is 58.8 Å². The lowest BCUT2D eigenvalue weighted by atomic mass is 10.1. The summed E-state index contributed by atoms with van der Waals surface area (Å²) in [6.45, 7) is 0.901. The van der Waals surface area contributed by atoms with E-state index >= 15 is 0 Å². The monoisotopic (exact) mass is 460 g/mol. The van der Waals surface area contributed by atoms with Crippen LogP contribution in [0.2, 0.25) is 0 Å². The van der Waals surface area contributed by atoms with Gasteiger partial charge in [0.2, 0.25) is 11.5 Å². The van der Waals surface area contributed by atoms with Gasteiger partial charge in [0, 0.05) is 11.1 Å². The maximum atomic E-state index is 7.61. The third-order valence-electron chi connectivity index (χ3n) is 4.82. The molecule has 0 bridgehead atoms. The number of nitrogens with one attached hydrogen (secondary N) is 2. The summed E-state index contributed by atoms with van der Waals surface area (Å²) in [7, 11) is 6.09. The van der Waals surface area contributed by atoms with Gasteiger partial charge in [-0.2, -0.15) is 0 Å². The molecule has 10 heteroatoms. The highest BCUT2D eigenvalue weighted by atomic mass is 16.5. The molecule has 6 N–H and O–H groups in total. The largest absolute Gasteiger partial charge is 0.493 e. The average Bonchev–Trinajstić information content (AvgIpc) is 2.82. The first kappa shape index (κ1) is 25.4. The third-order valence-corrected chi connectivity index (χ3v) is 4.82. The van der Waals surface area contributed by atoms with Gasteiger partial charge in [-0.1, -0.05) is 0 Å². The molecule has 0 aliphatic carbocycles. The number of rotatable bonds is 14. The first-order valence-electron chi connectivity index (χ1n) is 10.3. The number of nitrogen functional groups attached to an aromatic ring is 2. The van der Waals surface area contributed by atoms with Crippen LogP contribution in [0.5, 0.6) is 34.5 Å². The lowest BCUT2D eigenvalue weighted by molar-refractivity contribution is 0.249. The number of methoxy groups -OCH3 is 4. The molecule has 0 unspecified atom stereocenters. The molecular weight excluding hydrogens is 428 g/mol. The zero-order valence-electron chi connectivity index (χ0n) is 19.4. The highest BCUT2D eigenvalue weighted by molar-refractivity contribution is 5.96. The fraction of sp³-hybridized carbons (Fsp3) is 0.391. The molecule has 0 saturated carbocycles. The van der Waals surface area contributed by atoms with Crippen LogP contribution in [0.1, 0.15) is 30.4 Å². The van der Waals surface area contributed by atoms with E-state index in [1.807, 2.05) is 0 Å². The molecule has 0 saturated heterocycles.